The molecule has 0 radical (unpaired) electrons. The van der Waals surface area contributed by atoms with Crippen LogP contribution in [-0.2, 0) is 0 Å². The van der Waals surface area contributed by atoms with Crippen molar-refractivity contribution in [3.8, 4) is 11.1 Å². The summed E-state index contributed by atoms with van der Waals surface area (Å²) in [6, 6.07) is 15.3. The molecule has 4 aromatic rings. The predicted octanol–water partition coefficient (Wildman–Crippen LogP) is 3.41. The van der Waals surface area contributed by atoms with Gasteiger partial charge in [0.05, 0.1) is 11.1 Å². The molecule has 0 saturated heterocycles. The Balaban J connectivity index is 2.10. The Labute approximate surface area is 155 Å². The lowest BCUT2D eigenvalue weighted by atomic mass is 9.94. The van der Waals surface area contributed by atoms with Gasteiger partial charge in [-0.25, -0.2) is 0 Å². The number of aromatic amines is 2. The van der Waals surface area contributed by atoms with Gasteiger partial charge in [-0.3, -0.25) is 9.59 Å². The minimum Gasteiger partial charge on any atom is -0.330 e. The van der Waals surface area contributed by atoms with Crippen molar-refractivity contribution < 1.29 is 0 Å². The van der Waals surface area contributed by atoms with Crippen molar-refractivity contribution >= 4 is 21.7 Å². The van der Waals surface area contributed by atoms with Crippen molar-refractivity contribution in [2.24, 2.45) is 5.73 Å². The normalized spacial score (nSPS) is 12.6. The molecule has 0 fully saturated rings. The fourth-order valence-corrected chi connectivity index (χ4v) is 3.62. The second-order valence-corrected chi connectivity index (χ2v) is 6.96. The van der Waals surface area contributed by atoms with Gasteiger partial charge >= 0.3 is 0 Å². The van der Waals surface area contributed by atoms with E-state index in [0.717, 1.165) is 21.9 Å². The van der Waals surface area contributed by atoms with Crippen molar-refractivity contribution in [3.63, 3.8) is 0 Å². The molecule has 5 heteroatoms. The van der Waals surface area contributed by atoms with Gasteiger partial charge < -0.3 is 15.7 Å². The number of hydrogen-bond acceptors (Lipinski definition) is 3. The summed E-state index contributed by atoms with van der Waals surface area (Å²) in [7, 11) is 0. The summed E-state index contributed by atoms with van der Waals surface area (Å²) >= 11 is 0. The third-order valence-electron chi connectivity index (χ3n) is 5.20. The number of rotatable bonds is 3. The van der Waals surface area contributed by atoms with Gasteiger partial charge in [-0.1, -0.05) is 49.4 Å². The zero-order chi connectivity index (χ0) is 19.1. The van der Waals surface area contributed by atoms with E-state index in [9.17, 15) is 9.59 Å². The van der Waals surface area contributed by atoms with E-state index in [0.29, 0.717) is 28.7 Å². The number of nitrogens with one attached hydrogen (secondary N) is 2. The molecule has 0 amide bonds. The lowest BCUT2D eigenvalue weighted by molar-refractivity contribution is 0.774. The third-order valence-corrected chi connectivity index (χ3v) is 5.20. The fourth-order valence-electron chi connectivity index (χ4n) is 3.62. The van der Waals surface area contributed by atoms with Crippen LogP contribution in [0.15, 0.2) is 58.1 Å². The number of benzene rings is 2. The number of aryl methyl sites for hydroxylation is 1. The molecule has 2 aromatic carbocycles. The SMILES string of the molecule is Cc1[nH]c(=O)c(-c2ccc(C(C)CN)cc2)c2c1[nH]c(=O)c1ccccc12. The molecule has 27 heavy (non-hydrogen) atoms. The third kappa shape index (κ3) is 2.76. The maximum atomic E-state index is 12.9. The van der Waals surface area contributed by atoms with Gasteiger partial charge in [-0.05, 0) is 42.0 Å². The molecule has 0 spiro atoms. The minimum atomic E-state index is -0.170. The first-order valence-corrected chi connectivity index (χ1v) is 8.99. The van der Waals surface area contributed by atoms with E-state index in [4.69, 9.17) is 5.73 Å². The average Bonchev–Trinajstić information content (AvgIpc) is 2.69. The molecule has 1 unspecified atom stereocenters. The van der Waals surface area contributed by atoms with Gasteiger partial charge in [0.1, 0.15) is 0 Å². The van der Waals surface area contributed by atoms with Crippen LogP contribution in [0.5, 0.6) is 0 Å². The van der Waals surface area contributed by atoms with Crippen molar-refractivity contribution in [2.75, 3.05) is 6.54 Å². The first-order chi connectivity index (χ1) is 13.0. The number of fused-ring (bicyclic) bond motifs is 3. The van der Waals surface area contributed by atoms with Crippen LogP contribution in [0.25, 0.3) is 32.8 Å². The van der Waals surface area contributed by atoms with Crippen LogP contribution >= 0.6 is 0 Å². The van der Waals surface area contributed by atoms with E-state index >= 15 is 0 Å². The number of nitrogens with two attached hydrogens (primary N) is 1. The van der Waals surface area contributed by atoms with Crippen molar-refractivity contribution in [3.05, 3.63) is 80.5 Å². The highest BCUT2D eigenvalue weighted by Gasteiger charge is 2.16. The molecule has 0 aliphatic carbocycles. The lowest BCUT2D eigenvalue weighted by Gasteiger charge is -2.13. The largest absolute Gasteiger partial charge is 0.330 e. The molecule has 4 rings (SSSR count). The Hall–Kier alpha value is -3.18. The maximum Gasteiger partial charge on any atom is 0.256 e. The van der Waals surface area contributed by atoms with E-state index in [2.05, 4.69) is 16.9 Å². The highest BCUT2D eigenvalue weighted by molar-refractivity contribution is 6.12. The molecule has 0 saturated carbocycles. The Morgan fingerprint density at radius 1 is 0.926 bits per heavy atom. The van der Waals surface area contributed by atoms with Crippen LogP contribution in [-0.4, -0.2) is 16.5 Å². The van der Waals surface area contributed by atoms with Gasteiger partial charge in [-0.2, -0.15) is 0 Å². The molecule has 5 nitrogen and oxygen atoms in total. The van der Waals surface area contributed by atoms with Crippen LogP contribution in [0, 0.1) is 6.92 Å². The number of aromatic nitrogens is 2. The predicted molar refractivity (Wildman–Crippen MR) is 110 cm³/mol. The Bertz CT molecular complexity index is 1270. The van der Waals surface area contributed by atoms with Gasteiger partial charge in [0.15, 0.2) is 0 Å². The molecule has 4 N–H and O–H groups in total. The van der Waals surface area contributed by atoms with Crippen LogP contribution in [0.4, 0.5) is 0 Å². The quantitative estimate of drug-likeness (QED) is 0.490. The summed E-state index contributed by atoms with van der Waals surface area (Å²) < 4.78 is 0. The molecule has 2 heterocycles. The Morgan fingerprint density at radius 3 is 2.26 bits per heavy atom. The van der Waals surface area contributed by atoms with Gasteiger partial charge in [0, 0.05) is 16.5 Å². The van der Waals surface area contributed by atoms with E-state index in [1.54, 1.807) is 13.0 Å². The summed E-state index contributed by atoms with van der Waals surface area (Å²) in [5.41, 5.74) is 9.24. The van der Waals surface area contributed by atoms with Crippen LogP contribution in [0.1, 0.15) is 24.1 Å². The summed E-state index contributed by atoms with van der Waals surface area (Å²) in [4.78, 5) is 31.2. The van der Waals surface area contributed by atoms with Crippen LogP contribution in [0.2, 0.25) is 0 Å². The molecule has 0 aliphatic heterocycles. The van der Waals surface area contributed by atoms with Crippen LogP contribution in [0.3, 0.4) is 0 Å². The zero-order valence-corrected chi connectivity index (χ0v) is 15.3. The summed E-state index contributed by atoms with van der Waals surface area (Å²) in [6.45, 7) is 4.44. The molecule has 2 aromatic heterocycles. The van der Waals surface area contributed by atoms with E-state index in [1.165, 1.54) is 0 Å². The summed E-state index contributed by atoms with van der Waals surface area (Å²) in [6.07, 6.45) is 0. The number of hydrogen-bond donors (Lipinski definition) is 3. The molecule has 0 bridgehead atoms. The number of pyridine rings is 2. The molecular weight excluding hydrogens is 338 g/mol. The highest BCUT2D eigenvalue weighted by Crippen LogP contribution is 2.31. The van der Waals surface area contributed by atoms with Crippen molar-refractivity contribution in [2.45, 2.75) is 19.8 Å². The standard InChI is InChI=1S/C22H21N3O2/c1-12(11-23)14-7-9-15(10-8-14)18-19-16-5-3-4-6-17(16)21(26)25-20(19)13(2)24-22(18)27/h3-10,12H,11,23H2,1-2H3,(H,24,27)(H,25,26). The monoisotopic (exact) mass is 359 g/mol. The van der Waals surface area contributed by atoms with Crippen molar-refractivity contribution in [1.82, 2.24) is 9.97 Å². The summed E-state index contributed by atoms with van der Waals surface area (Å²) in [5, 5.41) is 2.12. The van der Waals surface area contributed by atoms with E-state index in [-0.39, 0.29) is 17.0 Å². The average molecular weight is 359 g/mol. The lowest BCUT2D eigenvalue weighted by Crippen LogP contribution is -2.16. The first-order valence-electron chi connectivity index (χ1n) is 8.99. The zero-order valence-electron chi connectivity index (χ0n) is 15.3. The van der Waals surface area contributed by atoms with E-state index in [1.807, 2.05) is 42.5 Å². The minimum absolute atomic E-state index is 0.161. The number of H-pyrrole nitrogens is 2. The highest BCUT2D eigenvalue weighted by atomic mass is 16.1. The van der Waals surface area contributed by atoms with Crippen LogP contribution < -0.4 is 16.9 Å². The fraction of sp³-hybridized carbons (Fsp3) is 0.182. The van der Waals surface area contributed by atoms with Gasteiger partial charge in [0.25, 0.3) is 11.1 Å². The Kier molecular flexibility index (Phi) is 4.16. The maximum absolute atomic E-state index is 12.9. The second-order valence-electron chi connectivity index (χ2n) is 6.96. The Morgan fingerprint density at radius 2 is 1.59 bits per heavy atom. The molecular formula is C22H21N3O2. The van der Waals surface area contributed by atoms with Crippen molar-refractivity contribution in [1.29, 1.82) is 0 Å². The topological polar surface area (TPSA) is 91.7 Å². The first kappa shape index (κ1) is 17.2. The molecule has 0 aliphatic rings. The smallest absolute Gasteiger partial charge is 0.256 e. The molecule has 1 atom stereocenters. The second kappa shape index (κ2) is 6.52. The van der Waals surface area contributed by atoms with Gasteiger partial charge in [-0.15, -0.1) is 0 Å². The van der Waals surface area contributed by atoms with Gasteiger partial charge in [0.2, 0.25) is 0 Å². The van der Waals surface area contributed by atoms with E-state index < -0.39 is 0 Å². The summed E-state index contributed by atoms with van der Waals surface area (Å²) in [5.74, 6) is 0.254. The molecule has 136 valence electrons.